The van der Waals surface area contributed by atoms with Crippen molar-refractivity contribution in [2.75, 3.05) is 13.7 Å². The maximum atomic E-state index is 16.1. The number of carbonyl (C=O) groups is 1. The van der Waals surface area contributed by atoms with Crippen molar-refractivity contribution in [2.45, 2.75) is 75.6 Å². The minimum Gasteiger partial charge on any atom is -0.465 e. The van der Waals surface area contributed by atoms with Gasteiger partial charge in [0.05, 0.1) is 28.9 Å². The molecule has 2 aromatic heterocycles. The SMILES string of the molecule is COC(=O)c1cnc2c(c1)cc(C(=CC1CCCC1)c1ccc(C(C)(C)OC3CCCCO3)c(F)c1)n2S(=O)(=O)c1ccccc1. The highest BCUT2D eigenvalue weighted by molar-refractivity contribution is 7.90. The summed E-state index contributed by atoms with van der Waals surface area (Å²) in [7, 11) is -2.89. The van der Waals surface area contributed by atoms with Crippen molar-refractivity contribution in [3.8, 4) is 0 Å². The zero-order valence-electron chi connectivity index (χ0n) is 26.4. The van der Waals surface area contributed by atoms with Crippen LogP contribution in [0.4, 0.5) is 4.39 Å². The van der Waals surface area contributed by atoms with E-state index in [4.69, 9.17) is 14.2 Å². The summed E-state index contributed by atoms with van der Waals surface area (Å²) in [6.45, 7) is 4.27. The summed E-state index contributed by atoms with van der Waals surface area (Å²) in [4.78, 5) is 16.9. The molecular weight excluding hydrogens is 607 g/mol. The maximum absolute atomic E-state index is 16.1. The third-order valence-electron chi connectivity index (χ3n) is 8.87. The van der Waals surface area contributed by atoms with E-state index in [-0.39, 0.29) is 22.0 Å². The van der Waals surface area contributed by atoms with Crippen LogP contribution in [-0.2, 0) is 29.8 Å². The number of allylic oxidation sites excluding steroid dienone is 1. The molecule has 0 radical (unpaired) electrons. The van der Waals surface area contributed by atoms with Crippen molar-refractivity contribution in [1.82, 2.24) is 8.96 Å². The van der Waals surface area contributed by atoms with Crippen LogP contribution in [0.3, 0.4) is 0 Å². The molecule has 2 aliphatic rings. The van der Waals surface area contributed by atoms with E-state index >= 15 is 4.39 Å². The summed E-state index contributed by atoms with van der Waals surface area (Å²) >= 11 is 0. The molecule has 1 aliphatic carbocycles. The first-order chi connectivity index (χ1) is 22.1. The van der Waals surface area contributed by atoms with Crippen LogP contribution in [0.25, 0.3) is 16.6 Å². The Kier molecular flexibility index (Phi) is 9.14. The van der Waals surface area contributed by atoms with Crippen molar-refractivity contribution in [2.24, 2.45) is 5.92 Å². The van der Waals surface area contributed by atoms with Gasteiger partial charge in [-0.05, 0) is 87.8 Å². The van der Waals surface area contributed by atoms with Gasteiger partial charge in [-0.2, -0.15) is 0 Å². The number of methoxy groups -OCH3 is 1. The second-order valence-corrected chi connectivity index (χ2v) is 14.3. The van der Waals surface area contributed by atoms with Crippen LogP contribution in [0, 0.1) is 11.7 Å². The molecule has 3 heterocycles. The Morgan fingerprint density at radius 3 is 2.41 bits per heavy atom. The number of esters is 1. The molecule has 6 rings (SSSR count). The van der Waals surface area contributed by atoms with Gasteiger partial charge in [0.25, 0.3) is 10.0 Å². The minimum absolute atomic E-state index is 0.0816. The second-order valence-electron chi connectivity index (χ2n) is 12.5. The van der Waals surface area contributed by atoms with Gasteiger partial charge in [-0.15, -0.1) is 0 Å². The molecular formula is C36H39FN2O6S. The summed E-state index contributed by atoms with van der Waals surface area (Å²) in [5.74, 6) is -0.863. The molecule has 2 fully saturated rings. The van der Waals surface area contributed by atoms with E-state index in [9.17, 15) is 13.2 Å². The van der Waals surface area contributed by atoms with Crippen molar-refractivity contribution in [3.05, 3.63) is 101 Å². The van der Waals surface area contributed by atoms with Crippen molar-refractivity contribution >= 4 is 32.6 Å². The number of rotatable bonds is 9. The van der Waals surface area contributed by atoms with Crippen LogP contribution < -0.4 is 0 Å². The molecule has 4 aromatic rings. The highest BCUT2D eigenvalue weighted by atomic mass is 32.2. The van der Waals surface area contributed by atoms with Crippen LogP contribution in [0.5, 0.6) is 0 Å². The predicted molar refractivity (Wildman–Crippen MR) is 173 cm³/mol. The molecule has 0 amide bonds. The zero-order valence-corrected chi connectivity index (χ0v) is 27.2. The van der Waals surface area contributed by atoms with Gasteiger partial charge < -0.3 is 14.2 Å². The fourth-order valence-electron chi connectivity index (χ4n) is 6.48. The molecule has 1 atom stereocenters. The lowest BCUT2D eigenvalue weighted by Gasteiger charge is -2.33. The van der Waals surface area contributed by atoms with Gasteiger partial charge in [0.15, 0.2) is 11.9 Å². The first kappa shape index (κ1) is 32.1. The Morgan fingerprint density at radius 2 is 1.74 bits per heavy atom. The molecule has 0 N–H and O–H groups in total. The Bertz CT molecular complexity index is 1870. The number of carbonyl (C=O) groups excluding carboxylic acids is 1. The summed E-state index contributed by atoms with van der Waals surface area (Å²) in [5, 5.41) is 0.439. The van der Waals surface area contributed by atoms with E-state index in [2.05, 4.69) is 11.1 Å². The number of halogens is 1. The van der Waals surface area contributed by atoms with Crippen LogP contribution >= 0.6 is 0 Å². The molecule has 1 saturated heterocycles. The largest absolute Gasteiger partial charge is 0.465 e. The third kappa shape index (κ3) is 6.38. The molecule has 0 bridgehead atoms. The van der Waals surface area contributed by atoms with Gasteiger partial charge in [-0.1, -0.05) is 49.2 Å². The molecule has 1 saturated carbocycles. The fourth-order valence-corrected chi connectivity index (χ4v) is 7.99. The Hall–Kier alpha value is -3.86. The standard InChI is InChI=1S/C36H39FN2O6S/c1-36(2,45-33-15-9-10-18-44-33)30-17-16-25(21-31(30)37)29(19-24-11-7-8-12-24)32-22-26-20-27(35(40)43-3)23-38-34(26)39(32)46(41,42)28-13-5-4-6-14-28/h4-6,13-14,16-17,19-24,33H,7-12,15,18H2,1-3H3. The normalized spacial score (nSPS) is 18.3. The highest BCUT2D eigenvalue weighted by Crippen LogP contribution is 2.38. The monoisotopic (exact) mass is 646 g/mol. The van der Waals surface area contributed by atoms with E-state index < -0.39 is 33.7 Å². The molecule has 10 heteroatoms. The summed E-state index contributed by atoms with van der Waals surface area (Å²) in [5.41, 5.74) is 1.20. The van der Waals surface area contributed by atoms with E-state index in [1.807, 2.05) is 19.9 Å². The second kappa shape index (κ2) is 13.1. The van der Waals surface area contributed by atoms with Crippen LogP contribution in [0.1, 0.15) is 86.0 Å². The number of hydrogen-bond acceptors (Lipinski definition) is 7. The van der Waals surface area contributed by atoms with Crippen molar-refractivity contribution in [3.63, 3.8) is 0 Å². The Labute approximate surface area is 269 Å². The van der Waals surface area contributed by atoms with Gasteiger partial charge in [-0.3, -0.25) is 0 Å². The average Bonchev–Trinajstić information content (AvgIpc) is 3.71. The minimum atomic E-state index is -4.17. The highest BCUT2D eigenvalue weighted by Gasteiger charge is 2.32. The number of aromatic nitrogens is 2. The predicted octanol–water partition coefficient (Wildman–Crippen LogP) is 7.60. The maximum Gasteiger partial charge on any atom is 0.339 e. The van der Waals surface area contributed by atoms with E-state index in [1.54, 1.807) is 36.4 Å². The lowest BCUT2D eigenvalue weighted by molar-refractivity contribution is -0.219. The molecule has 1 unspecified atom stereocenters. The molecule has 1 aliphatic heterocycles. The quantitative estimate of drug-likeness (QED) is 0.173. The van der Waals surface area contributed by atoms with Crippen LogP contribution in [0.2, 0.25) is 0 Å². The van der Waals surface area contributed by atoms with Crippen LogP contribution in [0.15, 0.2) is 77.8 Å². The van der Waals surface area contributed by atoms with Gasteiger partial charge in [0.2, 0.25) is 0 Å². The Balaban J connectivity index is 1.52. The molecule has 8 nitrogen and oxygen atoms in total. The number of nitrogens with zero attached hydrogens (tertiary/aromatic N) is 2. The Morgan fingerprint density at radius 1 is 1.00 bits per heavy atom. The van der Waals surface area contributed by atoms with Gasteiger partial charge in [0, 0.05) is 29.3 Å². The average molecular weight is 647 g/mol. The topological polar surface area (TPSA) is 96.7 Å². The lowest BCUT2D eigenvalue weighted by atomic mass is 9.91. The summed E-state index contributed by atoms with van der Waals surface area (Å²) < 4.78 is 62.9. The summed E-state index contributed by atoms with van der Waals surface area (Å²) in [6, 6.07) is 16.4. The molecule has 242 valence electrons. The third-order valence-corrected chi connectivity index (χ3v) is 10.6. The van der Waals surface area contributed by atoms with Crippen molar-refractivity contribution < 1.29 is 31.8 Å². The zero-order chi connectivity index (χ0) is 32.5. The number of benzene rings is 2. The number of hydrogen-bond donors (Lipinski definition) is 0. The summed E-state index contributed by atoms with van der Waals surface area (Å²) in [6.07, 6.45) is 9.71. The van der Waals surface area contributed by atoms with Crippen molar-refractivity contribution in [1.29, 1.82) is 0 Å². The van der Waals surface area contributed by atoms with Crippen LogP contribution in [-0.4, -0.2) is 43.4 Å². The smallest absolute Gasteiger partial charge is 0.339 e. The fraction of sp³-hybridized carbons (Fsp3) is 0.389. The van der Waals surface area contributed by atoms with Gasteiger partial charge in [0.1, 0.15) is 5.82 Å². The van der Waals surface area contributed by atoms with Gasteiger partial charge in [-0.25, -0.2) is 26.6 Å². The number of ether oxygens (including phenoxy) is 3. The van der Waals surface area contributed by atoms with E-state index in [1.165, 1.54) is 35.5 Å². The number of fused-ring (bicyclic) bond motifs is 1. The van der Waals surface area contributed by atoms with E-state index in [0.717, 1.165) is 44.9 Å². The molecule has 46 heavy (non-hydrogen) atoms. The first-order valence-electron chi connectivity index (χ1n) is 15.8. The first-order valence-corrected chi connectivity index (χ1v) is 17.2. The van der Waals surface area contributed by atoms with E-state index in [0.29, 0.717) is 34.4 Å². The lowest BCUT2D eigenvalue weighted by Crippen LogP contribution is -2.33. The molecule has 0 spiro atoms. The van der Waals surface area contributed by atoms with Gasteiger partial charge >= 0.3 is 5.97 Å². The number of pyridine rings is 1. The molecule has 2 aromatic carbocycles.